The molecule has 23 aromatic carbocycles. The number of fused-ring (bicyclic) bond motifs is 32. The molecule has 0 unspecified atom stereocenters. The molecule has 0 atom stereocenters. The summed E-state index contributed by atoms with van der Waals surface area (Å²) in [5.74, 6) is 0. The third-order valence-electron chi connectivity index (χ3n) is 32.6. The number of benzene rings is 23. The highest BCUT2D eigenvalue weighted by molar-refractivity contribution is 7.27. The van der Waals surface area contributed by atoms with E-state index >= 15 is 0 Å². The zero-order valence-corrected chi connectivity index (χ0v) is 83.7. The Morgan fingerprint density at radius 1 is 0.149 bits per heavy atom. The number of thiophene rings is 3. The van der Waals surface area contributed by atoms with Crippen LogP contribution in [0.5, 0.6) is 0 Å². The van der Waals surface area contributed by atoms with Gasteiger partial charge in [-0.3, -0.25) is 0 Å². The highest BCUT2D eigenvalue weighted by Gasteiger charge is 2.54. The Morgan fingerprint density at radius 3 is 0.899 bits per heavy atom. The molecule has 0 amide bonds. The van der Waals surface area contributed by atoms with E-state index in [0.717, 1.165) is 39.7 Å². The molecule has 0 aliphatic heterocycles. The van der Waals surface area contributed by atoms with Crippen molar-refractivity contribution in [2.24, 2.45) is 0 Å². The number of hydrogen-bond donors (Lipinski definition) is 0. The average Bonchev–Trinajstić information content (AvgIpc) is 1.51. The second-order valence-corrected chi connectivity index (χ2v) is 43.8. The second-order valence-electron chi connectivity index (χ2n) is 40.6. The lowest BCUT2D eigenvalue weighted by atomic mass is 9.70. The van der Waals surface area contributed by atoms with Gasteiger partial charge < -0.3 is 9.80 Å². The molecule has 31 rings (SSSR count). The van der Waals surface area contributed by atoms with Crippen LogP contribution < -0.4 is 9.80 Å². The SMILES string of the molecule is CC1(C)c2ccccc2-c2ccc(N(c3ccc(-c4ccccc4)cc3)c3cc(-c4ccc5sc6ccccc6c5c4)cc(-c4cccc5c4-c4ccccc4C54c5ccccc5-c5ccccc54)c3)cc21.c1ccc(-c2cc(-c3cccc4c3-c3ccccc3C43c4ccccc4-c4ccccc43)cc(N(c3ccc(-c4cccc5c4sc4ccccc45)cc3)c3ccc(-c4cccc5c4sc4ccccc45)cc3)c2)cc1. The van der Waals surface area contributed by atoms with Gasteiger partial charge in [0.25, 0.3) is 0 Å². The minimum Gasteiger partial charge on any atom is -0.310 e. The largest absolute Gasteiger partial charge is 0.310 e. The first-order chi connectivity index (χ1) is 73.1. The lowest BCUT2D eigenvalue weighted by Crippen LogP contribution is -2.25. The maximum Gasteiger partial charge on any atom is 0.0725 e. The van der Waals surface area contributed by atoms with E-state index in [0.29, 0.717) is 0 Å². The molecule has 0 radical (unpaired) electrons. The van der Waals surface area contributed by atoms with Crippen LogP contribution in [-0.4, -0.2) is 0 Å². The minimum atomic E-state index is -0.443. The van der Waals surface area contributed by atoms with E-state index < -0.39 is 10.8 Å². The van der Waals surface area contributed by atoms with E-state index in [-0.39, 0.29) is 5.41 Å². The van der Waals surface area contributed by atoms with E-state index in [1.807, 2.05) is 34.0 Å². The lowest BCUT2D eigenvalue weighted by Gasteiger charge is -2.30. The van der Waals surface area contributed by atoms with E-state index in [9.17, 15) is 0 Å². The third kappa shape index (κ3) is 13.0. The smallest absolute Gasteiger partial charge is 0.0725 e. The summed E-state index contributed by atoms with van der Waals surface area (Å²) < 4.78 is 7.89. The van der Waals surface area contributed by atoms with Gasteiger partial charge in [-0.1, -0.05) is 420 Å². The Balaban J connectivity index is 0.000000137. The standard InChI is InChI=1S/C73H45NS2.C70H47NS/c1-2-17-46(18-3-1)49-43-50(54-24-16-32-67-70(54)63-23-6-11-31-66(63)73(67)64-29-9-4-19-57(64)58-20-5-10-30-65(58)73)45-53(44-49)74(51-39-35-47(36-40-51)55-25-14-27-61-59-21-7-12-33-68(59)75-71(55)61)52-41-37-48(38-42-52)56-26-15-28-62-60-22-8-13-34-69(60)76-72(56)62;1-69(2)60-25-11-6-19-53(60)56-37-36-50(43-65(56)69)71(49-34-31-45(32-35-49)44-17-4-3-5-18-44)51-40-47(46-33-38-67-59(42-46)57-22-10-15-30-66(57)72-67)39-48(41-51)52-24-16-29-64-68(52)58-23-9-14-28-63(58)70(64)61-26-12-7-20-54(61)55-21-8-13-27-62(55)70/h1-45H;3-43H,1-2H3. The van der Waals surface area contributed by atoms with Crippen LogP contribution >= 0.6 is 34.0 Å². The number of hydrogen-bond acceptors (Lipinski definition) is 5. The maximum atomic E-state index is 2.50. The highest BCUT2D eigenvalue weighted by atomic mass is 32.1. The molecule has 0 bridgehead atoms. The summed E-state index contributed by atoms with van der Waals surface area (Å²) in [5, 5.41) is 7.84. The molecular formula is C143H92N2S3. The Bertz CT molecular complexity index is 9720. The number of nitrogens with zero attached hydrogens (tertiary/aromatic N) is 2. The lowest BCUT2D eigenvalue weighted by molar-refractivity contribution is 0.660. The Kier molecular flexibility index (Phi) is 19.6. The third-order valence-corrected chi connectivity index (χ3v) is 36.2. The Labute approximate surface area is 872 Å². The van der Waals surface area contributed by atoms with Crippen molar-refractivity contribution in [1.82, 2.24) is 0 Å². The summed E-state index contributed by atoms with van der Waals surface area (Å²) in [4.78, 5) is 4.97. The van der Waals surface area contributed by atoms with Gasteiger partial charge in [-0.2, -0.15) is 0 Å². The normalized spacial score (nSPS) is 13.4. The van der Waals surface area contributed by atoms with Gasteiger partial charge in [-0.25, -0.2) is 0 Å². The predicted molar refractivity (Wildman–Crippen MR) is 629 cm³/mol. The molecule has 0 saturated heterocycles. The zero-order valence-electron chi connectivity index (χ0n) is 81.3. The van der Waals surface area contributed by atoms with Gasteiger partial charge in [-0.15, -0.1) is 34.0 Å². The van der Waals surface area contributed by atoms with Crippen LogP contribution in [0.25, 0.3) is 194 Å². The van der Waals surface area contributed by atoms with Gasteiger partial charge in [0.2, 0.25) is 0 Å². The monoisotopic (exact) mass is 1930 g/mol. The number of rotatable bonds is 13. The summed E-state index contributed by atoms with van der Waals surface area (Å²) in [6, 6.07) is 196. The first-order valence-corrected chi connectivity index (χ1v) is 53.7. The van der Waals surface area contributed by atoms with Gasteiger partial charge in [0.15, 0.2) is 0 Å². The summed E-state index contributed by atoms with van der Waals surface area (Å²) in [5.41, 5.74) is 49.0. The predicted octanol–water partition coefficient (Wildman–Crippen LogP) is 40.1. The van der Waals surface area contributed by atoms with Crippen molar-refractivity contribution in [3.8, 4) is 134 Å². The van der Waals surface area contributed by atoms with Crippen molar-refractivity contribution < 1.29 is 0 Å². The van der Waals surface area contributed by atoms with Crippen LogP contribution in [0.2, 0.25) is 0 Å². The summed E-state index contributed by atoms with van der Waals surface area (Å²) in [6.45, 7) is 4.76. The fraction of sp³-hybridized carbons (Fsp3) is 0.0350. The zero-order chi connectivity index (χ0) is 97.6. The van der Waals surface area contributed by atoms with Crippen molar-refractivity contribution >= 4 is 129 Å². The van der Waals surface area contributed by atoms with E-state index in [1.54, 1.807) is 0 Å². The molecular weight excluding hydrogens is 1840 g/mol. The van der Waals surface area contributed by atoms with Crippen LogP contribution in [0.3, 0.4) is 0 Å². The summed E-state index contributed by atoms with van der Waals surface area (Å²) in [7, 11) is 0. The molecule has 2 spiro atoms. The van der Waals surface area contributed by atoms with Gasteiger partial charge in [-0.05, 0) is 304 Å². The van der Waals surface area contributed by atoms with Gasteiger partial charge in [0, 0.05) is 100 Å². The maximum absolute atomic E-state index is 2.50. The average molecular weight is 1930 g/mol. The second kappa shape index (κ2) is 33.7. The summed E-state index contributed by atoms with van der Waals surface area (Å²) >= 11 is 5.63. The molecule has 3 aromatic heterocycles. The van der Waals surface area contributed by atoms with Crippen molar-refractivity contribution in [3.05, 3.63) is 577 Å². The Morgan fingerprint density at radius 2 is 0.439 bits per heavy atom. The molecule has 148 heavy (non-hydrogen) atoms. The quantitative estimate of drug-likeness (QED) is 0.114. The Hall–Kier alpha value is -17.7. The molecule has 5 heteroatoms. The topological polar surface area (TPSA) is 6.48 Å². The first kappa shape index (κ1) is 85.9. The van der Waals surface area contributed by atoms with Crippen LogP contribution in [0.4, 0.5) is 34.1 Å². The van der Waals surface area contributed by atoms with Crippen LogP contribution in [0.15, 0.2) is 522 Å². The molecule has 692 valence electrons. The van der Waals surface area contributed by atoms with Crippen molar-refractivity contribution in [2.75, 3.05) is 9.80 Å². The fourth-order valence-electron chi connectivity index (χ4n) is 26.1. The number of anilines is 6. The van der Waals surface area contributed by atoms with E-state index in [2.05, 4.69) is 545 Å². The molecule has 3 heterocycles. The first-order valence-electron chi connectivity index (χ1n) is 51.3. The molecule has 0 fully saturated rings. The molecule has 2 nitrogen and oxygen atoms in total. The van der Waals surface area contributed by atoms with E-state index in [1.165, 1.54) is 244 Å². The fourth-order valence-corrected chi connectivity index (χ4v) is 29.7. The molecule has 26 aromatic rings. The van der Waals surface area contributed by atoms with Gasteiger partial charge in [0.05, 0.1) is 10.8 Å². The molecule has 0 saturated carbocycles. The van der Waals surface area contributed by atoms with E-state index in [4.69, 9.17) is 0 Å². The minimum absolute atomic E-state index is 0.165. The molecule has 5 aliphatic carbocycles. The molecule has 5 aliphatic rings. The van der Waals surface area contributed by atoms with Crippen LogP contribution in [0, 0.1) is 0 Å². The van der Waals surface area contributed by atoms with Crippen molar-refractivity contribution in [2.45, 2.75) is 30.1 Å². The summed E-state index contributed by atoms with van der Waals surface area (Å²) in [6.07, 6.45) is 0. The van der Waals surface area contributed by atoms with Gasteiger partial charge >= 0.3 is 0 Å². The van der Waals surface area contributed by atoms with Crippen molar-refractivity contribution in [3.63, 3.8) is 0 Å². The van der Waals surface area contributed by atoms with Crippen LogP contribution in [0.1, 0.15) is 69.5 Å². The highest BCUT2D eigenvalue weighted by Crippen LogP contribution is 2.67. The van der Waals surface area contributed by atoms with Crippen molar-refractivity contribution in [1.29, 1.82) is 0 Å². The van der Waals surface area contributed by atoms with Crippen LogP contribution in [-0.2, 0) is 16.2 Å². The van der Waals surface area contributed by atoms with Gasteiger partial charge in [0.1, 0.15) is 0 Å². The molecule has 0 N–H and O–H groups in total.